The van der Waals surface area contributed by atoms with Gasteiger partial charge in [0.25, 0.3) is 16.8 Å². The summed E-state index contributed by atoms with van der Waals surface area (Å²) in [5, 5.41) is 5.28. The number of carbonyl (C=O) groups is 1. The molecule has 1 aliphatic heterocycles. The van der Waals surface area contributed by atoms with Crippen LogP contribution < -0.4 is 26.2 Å². The minimum atomic E-state index is -0.800. The molecule has 0 radical (unpaired) electrons. The monoisotopic (exact) mass is 304 g/mol. The fourth-order valence-corrected chi connectivity index (χ4v) is 2.67. The molecule has 1 aliphatic rings. The molecule has 0 atom stereocenters. The van der Waals surface area contributed by atoms with Crippen molar-refractivity contribution < 1.29 is 13.9 Å². The molecule has 0 saturated heterocycles. The number of carbonyl (C=O) groups excluding carboxylic acids is 1. The number of anilines is 2. The van der Waals surface area contributed by atoms with E-state index in [1.54, 1.807) is 13.8 Å². The van der Waals surface area contributed by atoms with E-state index in [1.165, 1.54) is 19.2 Å². The maximum Gasteiger partial charge on any atom is 0.272 e. The highest BCUT2D eigenvalue weighted by Crippen LogP contribution is 2.38. The molecule has 0 unspecified atom stereocenters. The number of rotatable bonds is 3. The summed E-state index contributed by atoms with van der Waals surface area (Å²) >= 11 is 0. The van der Waals surface area contributed by atoms with E-state index in [2.05, 4.69) is 10.6 Å². The zero-order valence-corrected chi connectivity index (χ0v) is 12.2. The van der Waals surface area contributed by atoms with Crippen LogP contribution in [0.2, 0.25) is 0 Å². The number of halogens is 1. The molecule has 0 spiro atoms. The van der Waals surface area contributed by atoms with Crippen molar-refractivity contribution in [1.82, 2.24) is 5.32 Å². The van der Waals surface area contributed by atoms with Gasteiger partial charge in [0, 0.05) is 0 Å². The Hall–Kier alpha value is -2.70. The van der Waals surface area contributed by atoms with Crippen LogP contribution in [0.4, 0.5) is 15.8 Å². The van der Waals surface area contributed by atoms with E-state index in [9.17, 15) is 18.8 Å². The Morgan fingerprint density at radius 3 is 2.45 bits per heavy atom. The minimum absolute atomic E-state index is 0.125. The lowest BCUT2D eigenvalue weighted by Crippen LogP contribution is -2.34. The Bertz CT molecular complexity index is 878. The molecule has 0 saturated carbocycles. The van der Waals surface area contributed by atoms with Crippen LogP contribution in [0.5, 0.6) is 5.75 Å². The Kier molecular flexibility index (Phi) is 2.85. The number of fused-ring (bicyclic) bond motifs is 1. The highest BCUT2D eigenvalue weighted by atomic mass is 19.1. The van der Waals surface area contributed by atoms with Gasteiger partial charge in [0.2, 0.25) is 0 Å². The van der Waals surface area contributed by atoms with Gasteiger partial charge in [-0.3, -0.25) is 14.4 Å². The van der Waals surface area contributed by atoms with E-state index in [4.69, 9.17) is 4.74 Å². The second kappa shape index (κ2) is 4.40. The largest absolute Gasteiger partial charge is 0.491 e. The summed E-state index contributed by atoms with van der Waals surface area (Å²) in [4.78, 5) is 35.0. The van der Waals surface area contributed by atoms with Gasteiger partial charge in [-0.25, -0.2) is 4.39 Å². The highest BCUT2D eigenvalue weighted by Gasteiger charge is 2.38. The summed E-state index contributed by atoms with van der Waals surface area (Å²) in [6, 6.07) is 2.73. The molecule has 114 valence electrons. The summed E-state index contributed by atoms with van der Waals surface area (Å²) in [5.74, 6) is -1.30. The summed E-state index contributed by atoms with van der Waals surface area (Å²) in [6.07, 6.45) is 0. The summed E-state index contributed by atoms with van der Waals surface area (Å²) in [7, 11) is 1.24. The second-order valence-electron chi connectivity index (χ2n) is 5.62. The molecule has 3 rings (SSSR count). The van der Waals surface area contributed by atoms with Gasteiger partial charge in [0.05, 0.1) is 23.9 Å². The first-order valence-electron chi connectivity index (χ1n) is 6.57. The SMILES string of the molecule is COc1c(Nc2c(F)ccc3c2C(=O)NC3(C)C)c(=O)c1=O. The van der Waals surface area contributed by atoms with E-state index in [1.807, 2.05) is 0 Å². The molecule has 0 aliphatic carbocycles. The summed E-state index contributed by atoms with van der Waals surface area (Å²) in [6.45, 7) is 3.58. The third kappa shape index (κ3) is 1.75. The van der Waals surface area contributed by atoms with E-state index in [0.717, 1.165) is 0 Å². The van der Waals surface area contributed by atoms with Crippen molar-refractivity contribution in [3.05, 3.63) is 49.5 Å². The summed E-state index contributed by atoms with van der Waals surface area (Å²) < 4.78 is 18.9. The van der Waals surface area contributed by atoms with Gasteiger partial charge in [-0.1, -0.05) is 6.07 Å². The fourth-order valence-electron chi connectivity index (χ4n) is 2.67. The predicted octanol–water partition coefficient (Wildman–Crippen LogP) is 1.15. The first kappa shape index (κ1) is 14.2. The Balaban J connectivity index is 2.16. The normalized spacial score (nSPS) is 15.5. The lowest BCUT2D eigenvalue weighted by Gasteiger charge is -2.19. The molecular weight excluding hydrogens is 291 g/mol. The van der Waals surface area contributed by atoms with Crippen LogP contribution in [0, 0.1) is 5.82 Å². The van der Waals surface area contributed by atoms with Crippen molar-refractivity contribution in [1.29, 1.82) is 0 Å². The predicted molar refractivity (Wildman–Crippen MR) is 78.1 cm³/mol. The van der Waals surface area contributed by atoms with Gasteiger partial charge in [0.1, 0.15) is 11.5 Å². The lowest BCUT2D eigenvalue weighted by atomic mass is 9.93. The van der Waals surface area contributed by atoms with Crippen LogP contribution in [0.15, 0.2) is 21.7 Å². The topological polar surface area (TPSA) is 84.5 Å². The first-order valence-corrected chi connectivity index (χ1v) is 6.57. The molecular formula is C15H13FN2O4. The van der Waals surface area contributed by atoms with Crippen LogP contribution in [0.25, 0.3) is 0 Å². The average molecular weight is 304 g/mol. The van der Waals surface area contributed by atoms with Crippen molar-refractivity contribution in [2.24, 2.45) is 0 Å². The number of nitrogens with one attached hydrogen (secondary N) is 2. The molecule has 2 aromatic rings. The van der Waals surface area contributed by atoms with Gasteiger partial charge < -0.3 is 15.4 Å². The van der Waals surface area contributed by atoms with Crippen molar-refractivity contribution >= 4 is 17.3 Å². The van der Waals surface area contributed by atoms with Crippen LogP contribution in [0.1, 0.15) is 29.8 Å². The van der Waals surface area contributed by atoms with E-state index in [0.29, 0.717) is 5.56 Å². The molecule has 7 heteroatoms. The molecule has 2 aromatic carbocycles. The van der Waals surface area contributed by atoms with Crippen LogP contribution in [-0.4, -0.2) is 13.0 Å². The highest BCUT2D eigenvalue weighted by molar-refractivity contribution is 6.05. The van der Waals surface area contributed by atoms with E-state index in [-0.39, 0.29) is 22.7 Å². The zero-order valence-electron chi connectivity index (χ0n) is 12.2. The number of hydrogen-bond donors (Lipinski definition) is 2. The maximum atomic E-state index is 14.1. The van der Waals surface area contributed by atoms with E-state index >= 15 is 0 Å². The fraction of sp³-hybridized carbons (Fsp3) is 0.267. The average Bonchev–Trinajstić information content (AvgIpc) is 2.69. The molecule has 1 heterocycles. The van der Waals surface area contributed by atoms with Gasteiger partial charge >= 0.3 is 0 Å². The minimum Gasteiger partial charge on any atom is -0.491 e. The number of amides is 1. The zero-order chi connectivity index (χ0) is 16.2. The van der Waals surface area contributed by atoms with Crippen molar-refractivity contribution in [3.63, 3.8) is 0 Å². The molecule has 0 fully saturated rings. The number of benzene rings is 1. The Morgan fingerprint density at radius 2 is 1.82 bits per heavy atom. The summed E-state index contributed by atoms with van der Waals surface area (Å²) in [5.41, 5.74) is -1.76. The molecule has 0 bridgehead atoms. The Labute approximate surface area is 124 Å². The number of hydrogen-bond acceptors (Lipinski definition) is 5. The van der Waals surface area contributed by atoms with Crippen molar-refractivity contribution in [2.75, 3.05) is 12.4 Å². The van der Waals surface area contributed by atoms with Gasteiger partial charge in [-0.05, 0) is 25.5 Å². The standard InChI is InChI=1S/C15H13FN2O4/c1-15(2)6-4-5-7(16)9(8(6)14(21)18-15)17-10-11(19)12(20)13(10)22-3/h4-5,17H,1-3H3,(H,18,21). The molecule has 0 aromatic heterocycles. The second-order valence-corrected chi connectivity index (χ2v) is 5.62. The van der Waals surface area contributed by atoms with Crippen molar-refractivity contribution in [3.8, 4) is 5.75 Å². The molecule has 22 heavy (non-hydrogen) atoms. The molecule has 1 amide bonds. The molecule has 2 N–H and O–H groups in total. The smallest absolute Gasteiger partial charge is 0.272 e. The third-order valence-electron chi connectivity index (χ3n) is 3.80. The van der Waals surface area contributed by atoms with Crippen LogP contribution >= 0.6 is 0 Å². The van der Waals surface area contributed by atoms with Gasteiger partial charge in [-0.15, -0.1) is 0 Å². The molecule has 6 nitrogen and oxygen atoms in total. The first-order chi connectivity index (χ1) is 10.3. The number of methoxy groups -OCH3 is 1. The van der Waals surface area contributed by atoms with Gasteiger partial charge in [-0.2, -0.15) is 0 Å². The van der Waals surface area contributed by atoms with Crippen molar-refractivity contribution in [2.45, 2.75) is 19.4 Å². The van der Waals surface area contributed by atoms with Crippen LogP contribution in [-0.2, 0) is 5.54 Å². The Morgan fingerprint density at radius 1 is 1.14 bits per heavy atom. The number of ether oxygens (including phenoxy) is 1. The van der Waals surface area contributed by atoms with Gasteiger partial charge in [0.15, 0.2) is 5.75 Å². The maximum absolute atomic E-state index is 14.1. The van der Waals surface area contributed by atoms with Crippen LogP contribution in [0.3, 0.4) is 0 Å². The third-order valence-corrected chi connectivity index (χ3v) is 3.80. The van der Waals surface area contributed by atoms with E-state index < -0.39 is 28.1 Å². The lowest BCUT2D eigenvalue weighted by molar-refractivity contribution is 0.0940. The quantitative estimate of drug-likeness (QED) is 0.831.